The molecular formula is C20H21F3N4OS. The second-order valence-corrected chi connectivity index (χ2v) is 7.99. The lowest BCUT2D eigenvalue weighted by molar-refractivity contribution is -0.137. The van der Waals surface area contributed by atoms with Crippen LogP contribution < -0.4 is 11.1 Å². The highest BCUT2D eigenvalue weighted by atomic mass is 32.1. The minimum absolute atomic E-state index is 0.112. The van der Waals surface area contributed by atoms with Crippen molar-refractivity contribution in [1.82, 2.24) is 15.1 Å². The number of alkyl halides is 3. The van der Waals surface area contributed by atoms with E-state index in [1.54, 1.807) is 23.0 Å². The van der Waals surface area contributed by atoms with Gasteiger partial charge in [0.05, 0.1) is 16.1 Å². The predicted molar refractivity (Wildman–Crippen MR) is 107 cm³/mol. The van der Waals surface area contributed by atoms with Gasteiger partial charge in [0.25, 0.3) is 5.91 Å². The van der Waals surface area contributed by atoms with Crippen molar-refractivity contribution < 1.29 is 18.0 Å². The van der Waals surface area contributed by atoms with Gasteiger partial charge in [-0.15, -0.1) is 11.3 Å². The van der Waals surface area contributed by atoms with E-state index in [2.05, 4.69) is 10.4 Å². The summed E-state index contributed by atoms with van der Waals surface area (Å²) in [6.07, 6.45) is -2.51. The van der Waals surface area contributed by atoms with Crippen molar-refractivity contribution >= 4 is 17.2 Å². The number of halogens is 3. The van der Waals surface area contributed by atoms with Crippen LogP contribution >= 0.6 is 11.3 Å². The molecule has 1 atom stereocenters. The van der Waals surface area contributed by atoms with Gasteiger partial charge in [0.15, 0.2) is 0 Å². The summed E-state index contributed by atoms with van der Waals surface area (Å²) in [7, 11) is 1.83. The topological polar surface area (TPSA) is 72.9 Å². The highest BCUT2D eigenvalue weighted by molar-refractivity contribution is 7.14. The van der Waals surface area contributed by atoms with Crippen LogP contribution in [0.3, 0.4) is 0 Å². The second kappa shape index (κ2) is 8.38. The third-order valence-corrected chi connectivity index (χ3v) is 5.64. The fourth-order valence-corrected chi connectivity index (χ4v) is 4.03. The summed E-state index contributed by atoms with van der Waals surface area (Å²) in [5.41, 5.74) is 7.33. The molecule has 9 heteroatoms. The van der Waals surface area contributed by atoms with Crippen LogP contribution in [0.4, 0.5) is 13.2 Å². The first-order valence-electron chi connectivity index (χ1n) is 8.95. The van der Waals surface area contributed by atoms with E-state index >= 15 is 0 Å². The number of carbonyl (C=O) groups is 1. The molecule has 0 radical (unpaired) electrons. The van der Waals surface area contributed by atoms with Crippen molar-refractivity contribution in [3.8, 4) is 11.3 Å². The maximum absolute atomic E-state index is 12.9. The molecule has 0 unspecified atom stereocenters. The molecule has 0 fully saturated rings. The molecular weight excluding hydrogens is 401 g/mol. The van der Waals surface area contributed by atoms with Crippen LogP contribution in [-0.2, 0) is 19.6 Å². The van der Waals surface area contributed by atoms with Gasteiger partial charge in [0.1, 0.15) is 0 Å². The van der Waals surface area contributed by atoms with Crippen molar-refractivity contribution in [2.45, 2.75) is 25.6 Å². The number of nitrogens with two attached hydrogens (primary N) is 1. The number of carbonyl (C=O) groups excluding carboxylic acids is 1. The lowest BCUT2D eigenvalue weighted by Crippen LogP contribution is -2.41. The normalized spacial score (nSPS) is 12.8. The Balaban J connectivity index is 1.73. The molecule has 2 aromatic heterocycles. The smallest absolute Gasteiger partial charge is 0.347 e. The molecule has 3 N–H and O–H groups in total. The molecule has 1 amide bonds. The van der Waals surface area contributed by atoms with E-state index in [1.165, 1.54) is 17.4 Å². The van der Waals surface area contributed by atoms with Crippen molar-refractivity contribution in [1.29, 1.82) is 0 Å². The highest BCUT2D eigenvalue weighted by Gasteiger charge is 2.30. The number of nitrogens with one attached hydrogen (secondary N) is 1. The Labute approximate surface area is 170 Å². The molecule has 154 valence electrons. The first kappa shape index (κ1) is 21.1. The number of hydrogen-bond donors (Lipinski definition) is 2. The quantitative estimate of drug-likeness (QED) is 0.635. The Morgan fingerprint density at radius 3 is 2.69 bits per heavy atom. The van der Waals surface area contributed by atoms with Crippen molar-refractivity contribution in [2.75, 3.05) is 6.54 Å². The van der Waals surface area contributed by atoms with Crippen LogP contribution in [0.2, 0.25) is 0 Å². The molecule has 0 aliphatic carbocycles. The second-order valence-electron chi connectivity index (χ2n) is 6.73. The average Bonchev–Trinajstić information content (AvgIpc) is 3.25. The van der Waals surface area contributed by atoms with Gasteiger partial charge in [-0.1, -0.05) is 18.2 Å². The fraction of sp³-hybridized carbons (Fsp3) is 0.300. The molecule has 0 bridgehead atoms. The molecule has 0 aliphatic heterocycles. The van der Waals surface area contributed by atoms with Gasteiger partial charge in [-0.05, 0) is 37.1 Å². The van der Waals surface area contributed by atoms with Crippen LogP contribution in [0.25, 0.3) is 11.3 Å². The molecule has 0 saturated heterocycles. The predicted octanol–water partition coefficient (Wildman–Crippen LogP) is 3.78. The van der Waals surface area contributed by atoms with Crippen LogP contribution in [0.1, 0.15) is 25.7 Å². The summed E-state index contributed by atoms with van der Waals surface area (Å²) in [4.78, 5) is 14.2. The number of amides is 1. The largest absolute Gasteiger partial charge is 0.416 e. The third kappa shape index (κ3) is 4.86. The molecule has 0 saturated carbocycles. The lowest BCUT2D eigenvalue weighted by atomic mass is 10.0. The first-order valence-corrected chi connectivity index (χ1v) is 9.76. The molecule has 3 rings (SSSR count). The number of benzene rings is 1. The summed E-state index contributed by atoms with van der Waals surface area (Å²) in [6.45, 7) is 2.04. The molecule has 29 heavy (non-hydrogen) atoms. The summed E-state index contributed by atoms with van der Waals surface area (Å²) in [6, 6.07) is 8.25. The Kier molecular flexibility index (Phi) is 6.09. The third-order valence-electron chi connectivity index (χ3n) is 4.59. The molecule has 3 aromatic rings. The zero-order valence-corrected chi connectivity index (χ0v) is 16.8. The zero-order valence-electron chi connectivity index (χ0n) is 16.0. The molecule has 2 heterocycles. The Hall–Kier alpha value is -2.65. The monoisotopic (exact) mass is 422 g/mol. The van der Waals surface area contributed by atoms with E-state index in [0.29, 0.717) is 10.4 Å². The average molecular weight is 422 g/mol. The highest BCUT2D eigenvalue weighted by Crippen LogP contribution is 2.31. The van der Waals surface area contributed by atoms with E-state index in [4.69, 9.17) is 5.73 Å². The number of aryl methyl sites for hydroxylation is 2. The van der Waals surface area contributed by atoms with E-state index in [9.17, 15) is 18.0 Å². The maximum atomic E-state index is 12.9. The van der Waals surface area contributed by atoms with Gasteiger partial charge in [-0.2, -0.15) is 18.3 Å². The molecule has 0 spiro atoms. The van der Waals surface area contributed by atoms with E-state index in [-0.39, 0.29) is 18.9 Å². The van der Waals surface area contributed by atoms with Crippen LogP contribution in [-0.4, -0.2) is 28.3 Å². The molecule has 5 nitrogen and oxygen atoms in total. The van der Waals surface area contributed by atoms with Crippen molar-refractivity contribution in [2.24, 2.45) is 12.8 Å². The van der Waals surface area contributed by atoms with Crippen molar-refractivity contribution in [3.63, 3.8) is 0 Å². The number of thiophene rings is 1. The van der Waals surface area contributed by atoms with Gasteiger partial charge in [-0.25, -0.2) is 0 Å². The van der Waals surface area contributed by atoms with Crippen LogP contribution in [0.5, 0.6) is 0 Å². The number of aromatic nitrogens is 2. The Bertz CT molecular complexity index is 1010. The Morgan fingerprint density at radius 2 is 2.07 bits per heavy atom. The summed E-state index contributed by atoms with van der Waals surface area (Å²) < 4.78 is 40.4. The van der Waals surface area contributed by atoms with Gasteiger partial charge >= 0.3 is 6.18 Å². The Morgan fingerprint density at radius 1 is 1.31 bits per heavy atom. The van der Waals surface area contributed by atoms with Gasteiger partial charge in [0, 0.05) is 36.3 Å². The van der Waals surface area contributed by atoms with Gasteiger partial charge in [0.2, 0.25) is 0 Å². The first-order chi connectivity index (χ1) is 13.7. The maximum Gasteiger partial charge on any atom is 0.416 e. The van der Waals surface area contributed by atoms with E-state index < -0.39 is 17.8 Å². The zero-order chi connectivity index (χ0) is 21.2. The summed E-state index contributed by atoms with van der Waals surface area (Å²) in [5.74, 6) is -0.297. The van der Waals surface area contributed by atoms with Gasteiger partial charge < -0.3 is 11.1 Å². The number of nitrogens with zero attached hydrogens (tertiary/aromatic N) is 2. The van der Waals surface area contributed by atoms with Crippen LogP contribution in [0, 0.1) is 6.92 Å². The standard InChI is InChI=1S/C20H21F3N4OS/c1-12-16(17-6-7-25-27(17)2)10-18(29-12)19(28)26-15(11-24)9-13-4-3-5-14(8-13)20(21,22)23/h3-8,10,15H,9,11,24H2,1-2H3,(H,26,28)/t15-/m0/s1. The van der Waals surface area contributed by atoms with E-state index in [1.807, 2.05) is 20.0 Å². The van der Waals surface area contributed by atoms with Crippen LogP contribution in [0.15, 0.2) is 42.6 Å². The minimum atomic E-state index is -4.41. The molecule has 1 aromatic carbocycles. The lowest BCUT2D eigenvalue weighted by Gasteiger charge is -2.17. The fourth-order valence-electron chi connectivity index (χ4n) is 3.10. The van der Waals surface area contributed by atoms with E-state index in [0.717, 1.165) is 28.3 Å². The summed E-state index contributed by atoms with van der Waals surface area (Å²) in [5, 5.41) is 6.98. The number of hydrogen-bond acceptors (Lipinski definition) is 4. The minimum Gasteiger partial charge on any atom is -0.347 e. The SMILES string of the molecule is Cc1sc(C(=O)N[C@H](CN)Cc2cccc(C(F)(F)F)c2)cc1-c1ccnn1C. The molecule has 0 aliphatic rings. The summed E-state index contributed by atoms with van der Waals surface area (Å²) >= 11 is 1.35. The number of rotatable bonds is 6. The van der Waals surface area contributed by atoms with Crippen molar-refractivity contribution in [3.05, 3.63) is 63.5 Å². The van der Waals surface area contributed by atoms with Gasteiger partial charge in [-0.3, -0.25) is 9.48 Å².